The van der Waals surface area contributed by atoms with E-state index in [1.165, 1.54) is 5.56 Å². The first-order valence-electron chi connectivity index (χ1n) is 9.58. The average Bonchev–Trinajstić information content (AvgIpc) is 3.26. The lowest BCUT2D eigenvalue weighted by atomic mass is 10.1. The van der Waals surface area contributed by atoms with Crippen molar-refractivity contribution in [1.29, 1.82) is 0 Å². The maximum atomic E-state index is 5.72. The van der Waals surface area contributed by atoms with Crippen molar-refractivity contribution in [2.24, 2.45) is 0 Å². The van der Waals surface area contributed by atoms with E-state index < -0.39 is 0 Å². The molecule has 1 fully saturated rings. The Morgan fingerprint density at radius 1 is 1.07 bits per heavy atom. The maximum absolute atomic E-state index is 5.72. The minimum Gasteiger partial charge on any atom is -0.497 e. The van der Waals surface area contributed by atoms with Crippen molar-refractivity contribution in [1.82, 2.24) is 10.2 Å². The summed E-state index contributed by atoms with van der Waals surface area (Å²) in [7, 11) is 3.36. The summed E-state index contributed by atoms with van der Waals surface area (Å²) in [5, 5.41) is 4.12. The van der Waals surface area contributed by atoms with Crippen LogP contribution in [0.15, 0.2) is 48.5 Å². The number of methoxy groups -OCH3 is 2. The van der Waals surface area contributed by atoms with E-state index in [1.807, 2.05) is 30.3 Å². The summed E-state index contributed by atoms with van der Waals surface area (Å²) in [6.45, 7) is 2.99. The fourth-order valence-electron chi connectivity index (χ4n) is 3.26. The quantitative estimate of drug-likeness (QED) is 0.681. The first kappa shape index (κ1) is 20.4. The van der Waals surface area contributed by atoms with E-state index in [0.717, 1.165) is 48.2 Å². The van der Waals surface area contributed by atoms with E-state index in [9.17, 15) is 0 Å². The molecule has 28 heavy (non-hydrogen) atoms. The number of thiocarbonyl (C=S) groups is 1. The molecule has 1 atom stereocenters. The molecule has 2 aromatic carbocycles. The molecule has 0 spiro atoms. The third-order valence-corrected chi connectivity index (χ3v) is 5.23. The van der Waals surface area contributed by atoms with Crippen molar-refractivity contribution < 1.29 is 14.2 Å². The van der Waals surface area contributed by atoms with Gasteiger partial charge in [0.1, 0.15) is 11.5 Å². The molecule has 0 aromatic heterocycles. The summed E-state index contributed by atoms with van der Waals surface area (Å²) in [6, 6.07) is 16.2. The smallest absolute Gasteiger partial charge is 0.169 e. The predicted molar refractivity (Wildman–Crippen MR) is 115 cm³/mol. The van der Waals surface area contributed by atoms with Gasteiger partial charge in [-0.15, -0.1) is 0 Å². The Hall–Kier alpha value is -2.31. The third-order valence-electron chi connectivity index (χ3n) is 4.83. The molecule has 0 aliphatic carbocycles. The minimum absolute atomic E-state index is 0.248. The Bertz CT molecular complexity index is 761. The largest absolute Gasteiger partial charge is 0.497 e. The highest BCUT2D eigenvalue weighted by Gasteiger charge is 2.18. The summed E-state index contributed by atoms with van der Waals surface area (Å²) >= 11 is 5.72. The molecule has 0 amide bonds. The minimum atomic E-state index is 0.248. The zero-order valence-corrected chi connectivity index (χ0v) is 17.3. The van der Waals surface area contributed by atoms with Crippen LogP contribution in [0.4, 0.5) is 0 Å². The highest BCUT2D eigenvalue weighted by molar-refractivity contribution is 7.80. The van der Waals surface area contributed by atoms with Crippen LogP contribution in [-0.4, -0.2) is 43.5 Å². The van der Waals surface area contributed by atoms with E-state index in [4.69, 9.17) is 26.4 Å². The van der Waals surface area contributed by atoms with Gasteiger partial charge < -0.3 is 24.4 Å². The number of hydrogen-bond acceptors (Lipinski definition) is 4. The van der Waals surface area contributed by atoms with Gasteiger partial charge in [-0.25, -0.2) is 0 Å². The predicted octanol–water partition coefficient (Wildman–Crippen LogP) is 3.76. The summed E-state index contributed by atoms with van der Waals surface area (Å²) in [5.41, 5.74) is 2.32. The normalized spacial score (nSPS) is 15.9. The fraction of sp³-hybridized carbons (Fsp3) is 0.409. The Balaban J connectivity index is 1.70. The molecule has 2 aromatic rings. The van der Waals surface area contributed by atoms with E-state index >= 15 is 0 Å². The summed E-state index contributed by atoms with van der Waals surface area (Å²) in [6.07, 6.45) is 2.46. The van der Waals surface area contributed by atoms with Crippen molar-refractivity contribution in [3.8, 4) is 11.5 Å². The number of benzene rings is 2. The van der Waals surface area contributed by atoms with Gasteiger partial charge in [-0.3, -0.25) is 0 Å². The molecule has 0 bridgehead atoms. The second-order valence-corrected chi connectivity index (χ2v) is 7.26. The van der Waals surface area contributed by atoms with Crippen LogP contribution >= 0.6 is 12.2 Å². The number of nitrogens with zero attached hydrogens (tertiary/aromatic N) is 1. The van der Waals surface area contributed by atoms with E-state index in [0.29, 0.717) is 13.1 Å². The number of hydrogen-bond donors (Lipinski definition) is 1. The third kappa shape index (κ3) is 5.84. The lowest BCUT2D eigenvalue weighted by molar-refractivity contribution is 0.113. The zero-order chi connectivity index (χ0) is 19.8. The molecule has 6 heteroatoms. The van der Waals surface area contributed by atoms with Crippen LogP contribution in [0, 0.1) is 0 Å². The van der Waals surface area contributed by atoms with Crippen molar-refractivity contribution in [2.45, 2.75) is 32.0 Å². The Kier molecular flexibility index (Phi) is 7.51. The highest BCUT2D eigenvalue weighted by Crippen LogP contribution is 2.18. The Morgan fingerprint density at radius 2 is 1.82 bits per heavy atom. The second-order valence-electron chi connectivity index (χ2n) is 6.88. The second kappa shape index (κ2) is 10.3. The summed E-state index contributed by atoms with van der Waals surface area (Å²) in [5.74, 6) is 1.70. The lowest BCUT2D eigenvalue weighted by Gasteiger charge is -2.27. The molecule has 0 unspecified atom stereocenters. The summed E-state index contributed by atoms with van der Waals surface area (Å²) in [4.78, 5) is 2.17. The molecule has 150 valence electrons. The van der Waals surface area contributed by atoms with Crippen LogP contribution in [0.1, 0.15) is 24.0 Å². The average molecular weight is 401 g/mol. The van der Waals surface area contributed by atoms with Crippen LogP contribution in [-0.2, 0) is 17.8 Å². The SMILES string of the molecule is COc1ccc(CN(Cc2cccc(OC)c2)C(=S)NC[C@@H]2CCCO2)cc1. The van der Waals surface area contributed by atoms with Gasteiger partial charge in [0, 0.05) is 26.2 Å². The van der Waals surface area contributed by atoms with Gasteiger partial charge in [0.25, 0.3) is 0 Å². The van der Waals surface area contributed by atoms with E-state index in [1.54, 1.807) is 14.2 Å². The van der Waals surface area contributed by atoms with Crippen LogP contribution in [0.2, 0.25) is 0 Å². The molecule has 0 saturated carbocycles. The molecule has 1 N–H and O–H groups in total. The number of nitrogens with one attached hydrogen (secondary N) is 1. The van der Waals surface area contributed by atoms with Gasteiger partial charge >= 0.3 is 0 Å². The number of ether oxygens (including phenoxy) is 3. The molecular formula is C22H28N2O3S. The van der Waals surface area contributed by atoms with Crippen molar-refractivity contribution in [3.63, 3.8) is 0 Å². The van der Waals surface area contributed by atoms with Crippen LogP contribution in [0.5, 0.6) is 11.5 Å². The van der Waals surface area contributed by atoms with Crippen molar-refractivity contribution >= 4 is 17.3 Å². The lowest BCUT2D eigenvalue weighted by Crippen LogP contribution is -2.41. The molecule has 1 saturated heterocycles. The van der Waals surface area contributed by atoms with Crippen molar-refractivity contribution in [2.75, 3.05) is 27.4 Å². The van der Waals surface area contributed by atoms with Crippen LogP contribution in [0.25, 0.3) is 0 Å². The standard InChI is InChI=1S/C22H28N2O3S/c1-25-19-10-8-17(9-11-19)15-24(16-18-5-3-6-20(13-18)26-2)22(28)23-14-21-7-4-12-27-21/h3,5-6,8-11,13,21H,4,7,12,14-16H2,1-2H3,(H,23,28)/t21-/m0/s1. The maximum Gasteiger partial charge on any atom is 0.169 e. The number of rotatable bonds is 8. The first-order chi connectivity index (χ1) is 13.7. The Morgan fingerprint density at radius 3 is 2.50 bits per heavy atom. The molecule has 3 rings (SSSR count). The van der Waals surface area contributed by atoms with Crippen LogP contribution in [0.3, 0.4) is 0 Å². The summed E-state index contributed by atoms with van der Waals surface area (Å²) < 4.78 is 16.3. The molecule has 1 heterocycles. The van der Waals surface area contributed by atoms with Crippen LogP contribution < -0.4 is 14.8 Å². The highest BCUT2D eigenvalue weighted by atomic mass is 32.1. The molecule has 5 nitrogen and oxygen atoms in total. The van der Waals surface area contributed by atoms with Gasteiger partial charge in [-0.2, -0.15) is 0 Å². The Labute approximate surface area is 172 Å². The van der Waals surface area contributed by atoms with E-state index in [2.05, 4.69) is 28.4 Å². The van der Waals surface area contributed by atoms with Gasteiger partial charge in [-0.1, -0.05) is 24.3 Å². The van der Waals surface area contributed by atoms with Crippen molar-refractivity contribution in [3.05, 3.63) is 59.7 Å². The molecule has 1 aliphatic heterocycles. The molecular weight excluding hydrogens is 372 g/mol. The zero-order valence-electron chi connectivity index (χ0n) is 16.5. The monoisotopic (exact) mass is 400 g/mol. The van der Waals surface area contributed by atoms with Gasteiger partial charge in [0.15, 0.2) is 5.11 Å². The topological polar surface area (TPSA) is 43.0 Å². The van der Waals surface area contributed by atoms with Gasteiger partial charge in [-0.05, 0) is 60.5 Å². The molecule has 1 aliphatic rings. The molecule has 0 radical (unpaired) electrons. The van der Waals surface area contributed by atoms with Gasteiger partial charge in [0.2, 0.25) is 0 Å². The van der Waals surface area contributed by atoms with E-state index in [-0.39, 0.29) is 6.10 Å². The first-order valence-corrected chi connectivity index (χ1v) is 9.99. The fourth-order valence-corrected chi connectivity index (χ4v) is 3.47. The van der Waals surface area contributed by atoms with Gasteiger partial charge in [0.05, 0.1) is 20.3 Å².